The molecule has 2 aromatic heterocycles. The van der Waals surface area contributed by atoms with Gasteiger partial charge in [0, 0.05) is 18.2 Å². The summed E-state index contributed by atoms with van der Waals surface area (Å²) in [7, 11) is 0. The van der Waals surface area contributed by atoms with Gasteiger partial charge in [-0.25, -0.2) is 4.98 Å². The van der Waals surface area contributed by atoms with Crippen LogP contribution in [0.15, 0.2) is 41.6 Å². The quantitative estimate of drug-likeness (QED) is 0.799. The molecule has 0 radical (unpaired) electrons. The van der Waals surface area contributed by atoms with Crippen molar-refractivity contribution in [2.24, 2.45) is 0 Å². The second-order valence-electron chi connectivity index (χ2n) is 4.38. The molecule has 1 aliphatic carbocycles. The van der Waals surface area contributed by atoms with Crippen LogP contribution in [0.4, 0.5) is 0 Å². The van der Waals surface area contributed by atoms with Gasteiger partial charge in [0.1, 0.15) is 0 Å². The first-order valence-corrected chi connectivity index (χ1v) is 5.79. The largest absolute Gasteiger partial charge is 0.293 e. The van der Waals surface area contributed by atoms with Crippen LogP contribution in [0.3, 0.4) is 0 Å². The van der Waals surface area contributed by atoms with Gasteiger partial charge in [-0.3, -0.25) is 14.3 Å². The summed E-state index contributed by atoms with van der Waals surface area (Å²) < 4.78 is 1.59. The molecule has 0 aliphatic heterocycles. The van der Waals surface area contributed by atoms with E-state index in [1.165, 1.54) is 0 Å². The molecule has 2 heterocycles. The molecule has 0 saturated heterocycles. The molecule has 17 heavy (non-hydrogen) atoms. The van der Waals surface area contributed by atoms with E-state index in [-0.39, 0.29) is 5.56 Å². The number of aromatic nitrogens is 3. The molecule has 0 bridgehead atoms. The molecule has 1 aliphatic rings. The summed E-state index contributed by atoms with van der Waals surface area (Å²) in [5, 5.41) is 0. The van der Waals surface area contributed by atoms with Gasteiger partial charge in [-0.1, -0.05) is 6.07 Å². The first-order chi connectivity index (χ1) is 8.33. The highest BCUT2D eigenvalue weighted by atomic mass is 16.1. The third-order valence-electron chi connectivity index (χ3n) is 2.95. The molecular weight excluding hydrogens is 214 g/mol. The van der Waals surface area contributed by atoms with E-state index in [9.17, 15) is 4.79 Å². The highest BCUT2D eigenvalue weighted by Gasteiger charge is 2.25. The van der Waals surface area contributed by atoms with Crippen LogP contribution in [0.2, 0.25) is 0 Å². The lowest BCUT2D eigenvalue weighted by Gasteiger charge is -2.05. The van der Waals surface area contributed by atoms with E-state index in [1.807, 2.05) is 18.2 Å². The molecule has 0 amide bonds. The van der Waals surface area contributed by atoms with Gasteiger partial charge < -0.3 is 0 Å². The van der Waals surface area contributed by atoms with Gasteiger partial charge in [0.05, 0.1) is 24.3 Å². The van der Waals surface area contributed by atoms with Crippen molar-refractivity contribution in [3.63, 3.8) is 0 Å². The second kappa shape index (κ2) is 4.13. The molecule has 0 N–H and O–H groups in total. The van der Waals surface area contributed by atoms with Crippen molar-refractivity contribution in [1.29, 1.82) is 0 Å². The Morgan fingerprint density at radius 3 is 2.82 bits per heavy atom. The molecule has 0 aromatic carbocycles. The lowest BCUT2D eigenvalue weighted by molar-refractivity contribution is 0.708. The second-order valence-corrected chi connectivity index (χ2v) is 4.38. The molecule has 86 valence electrons. The predicted molar refractivity (Wildman–Crippen MR) is 63.8 cm³/mol. The summed E-state index contributed by atoms with van der Waals surface area (Å²) in [6, 6.07) is 7.34. The maximum Gasteiger partial charge on any atom is 0.253 e. The molecule has 1 fully saturated rings. The topological polar surface area (TPSA) is 47.8 Å². The van der Waals surface area contributed by atoms with Crippen molar-refractivity contribution < 1.29 is 0 Å². The fourth-order valence-electron chi connectivity index (χ4n) is 1.83. The first kappa shape index (κ1) is 10.2. The van der Waals surface area contributed by atoms with Crippen molar-refractivity contribution in [2.45, 2.75) is 25.3 Å². The third kappa shape index (κ3) is 2.25. The molecule has 0 atom stereocenters. The van der Waals surface area contributed by atoms with Gasteiger partial charge in [0.2, 0.25) is 0 Å². The Morgan fingerprint density at radius 1 is 1.29 bits per heavy atom. The summed E-state index contributed by atoms with van der Waals surface area (Å²) in [5.74, 6) is 0.521. The van der Waals surface area contributed by atoms with E-state index in [2.05, 4.69) is 9.97 Å². The Morgan fingerprint density at radius 2 is 2.18 bits per heavy atom. The van der Waals surface area contributed by atoms with Crippen LogP contribution >= 0.6 is 0 Å². The summed E-state index contributed by atoms with van der Waals surface area (Å²) in [6.07, 6.45) is 5.68. The van der Waals surface area contributed by atoms with E-state index < -0.39 is 0 Å². The molecule has 0 spiro atoms. The van der Waals surface area contributed by atoms with Crippen LogP contribution in [0.25, 0.3) is 0 Å². The van der Waals surface area contributed by atoms with Crippen molar-refractivity contribution in [1.82, 2.24) is 14.5 Å². The van der Waals surface area contributed by atoms with Crippen molar-refractivity contribution in [2.75, 3.05) is 0 Å². The van der Waals surface area contributed by atoms with Gasteiger partial charge >= 0.3 is 0 Å². The minimum atomic E-state index is 0.00699. The minimum Gasteiger partial charge on any atom is -0.293 e. The number of hydrogen-bond acceptors (Lipinski definition) is 3. The molecule has 1 saturated carbocycles. The normalized spacial score (nSPS) is 14.8. The predicted octanol–water partition coefficient (Wildman–Crippen LogP) is 1.56. The summed E-state index contributed by atoms with van der Waals surface area (Å²) in [6.45, 7) is 0.484. The molecule has 4 heteroatoms. The zero-order valence-electron chi connectivity index (χ0n) is 9.41. The summed E-state index contributed by atoms with van der Waals surface area (Å²) >= 11 is 0. The maximum atomic E-state index is 11.9. The van der Waals surface area contributed by atoms with Crippen molar-refractivity contribution in [3.8, 4) is 0 Å². The van der Waals surface area contributed by atoms with Gasteiger partial charge in [-0.2, -0.15) is 0 Å². The summed E-state index contributed by atoms with van der Waals surface area (Å²) in [5.41, 5.74) is 1.82. The van der Waals surface area contributed by atoms with Crippen LogP contribution in [0, 0.1) is 0 Å². The molecule has 2 aromatic rings. The van der Waals surface area contributed by atoms with Crippen molar-refractivity contribution in [3.05, 3.63) is 58.5 Å². The Hall–Kier alpha value is -1.97. The van der Waals surface area contributed by atoms with Crippen LogP contribution in [0.1, 0.15) is 30.1 Å². The first-order valence-electron chi connectivity index (χ1n) is 5.79. The fraction of sp³-hybridized carbons (Fsp3) is 0.308. The Bertz CT molecular complexity index is 573. The molecule has 3 rings (SSSR count). The van der Waals surface area contributed by atoms with Crippen LogP contribution in [0.5, 0.6) is 0 Å². The van der Waals surface area contributed by atoms with Crippen LogP contribution < -0.4 is 5.56 Å². The van der Waals surface area contributed by atoms with Gasteiger partial charge in [0.25, 0.3) is 5.56 Å². The molecular formula is C13H13N3O. The van der Waals surface area contributed by atoms with Crippen LogP contribution in [-0.4, -0.2) is 14.5 Å². The maximum absolute atomic E-state index is 11.9. The average Bonchev–Trinajstić information content (AvgIpc) is 3.17. The van der Waals surface area contributed by atoms with Crippen molar-refractivity contribution >= 4 is 0 Å². The number of rotatable bonds is 3. The standard InChI is InChI=1S/C13H13N3O/c17-13-7-12(10-4-5-10)15-9-16(13)8-11-3-1-2-6-14-11/h1-3,6-7,9-10H,4-5,8H2. The highest BCUT2D eigenvalue weighted by Crippen LogP contribution is 2.38. The van der Waals surface area contributed by atoms with Gasteiger partial charge in [0.15, 0.2) is 0 Å². The highest BCUT2D eigenvalue weighted by molar-refractivity contribution is 5.13. The van der Waals surface area contributed by atoms with E-state index in [1.54, 1.807) is 23.2 Å². The zero-order valence-corrected chi connectivity index (χ0v) is 9.41. The van der Waals surface area contributed by atoms with Gasteiger partial charge in [-0.15, -0.1) is 0 Å². The molecule has 4 nitrogen and oxygen atoms in total. The third-order valence-corrected chi connectivity index (χ3v) is 2.95. The lowest BCUT2D eigenvalue weighted by atomic mass is 10.3. The van der Waals surface area contributed by atoms with Crippen LogP contribution in [-0.2, 0) is 6.54 Å². The van der Waals surface area contributed by atoms with E-state index >= 15 is 0 Å². The number of nitrogens with zero attached hydrogens (tertiary/aromatic N) is 3. The Kier molecular flexibility index (Phi) is 2.48. The fourth-order valence-corrected chi connectivity index (χ4v) is 1.83. The lowest BCUT2D eigenvalue weighted by Crippen LogP contribution is -2.21. The van der Waals surface area contributed by atoms with E-state index in [0.717, 1.165) is 24.2 Å². The minimum absolute atomic E-state index is 0.00699. The Balaban J connectivity index is 1.86. The number of hydrogen-bond donors (Lipinski definition) is 0. The van der Waals surface area contributed by atoms with E-state index in [4.69, 9.17) is 0 Å². The van der Waals surface area contributed by atoms with E-state index in [0.29, 0.717) is 12.5 Å². The molecule has 0 unspecified atom stereocenters. The summed E-state index contributed by atoms with van der Waals surface area (Å²) in [4.78, 5) is 20.4. The zero-order chi connectivity index (χ0) is 11.7. The smallest absolute Gasteiger partial charge is 0.253 e. The Labute approximate surface area is 99.0 Å². The SMILES string of the molecule is O=c1cc(C2CC2)ncn1Cc1ccccn1. The average molecular weight is 227 g/mol. The van der Waals surface area contributed by atoms with Gasteiger partial charge in [-0.05, 0) is 25.0 Å². The monoisotopic (exact) mass is 227 g/mol. The number of pyridine rings is 1.